The van der Waals surface area contributed by atoms with Crippen LogP contribution in [0.15, 0.2) is 41.7 Å². The van der Waals surface area contributed by atoms with Crippen molar-refractivity contribution in [3.05, 3.63) is 59.3 Å². The van der Waals surface area contributed by atoms with Crippen LogP contribution in [-0.2, 0) is 40.0 Å². The number of aromatic nitrogens is 3. The van der Waals surface area contributed by atoms with Gasteiger partial charge in [0.2, 0.25) is 0 Å². The number of fused-ring (bicyclic) bond motifs is 1. The van der Waals surface area contributed by atoms with Crippen LogP contribution in [0.5, 0.6) is 0 Å². The Morgan fingerprint density at radius 1 is 1.00 bits per heavy atom. The van der Waals surface area contributed by atoms with Crippen molar-refractivity contribution in [3.8, 4) is 6.07 Å². The summed E-state index contributed by atoms with van der Waals surface area (Å²) in [7, 11) is -3.35. The van der Waals surface area contributed by atoms with Crippen LogP contribution in [0.2, 0.25) is 0 Å². The van der Waals surface area contributed by atoms with E-state index in [1.54, 1.807) is 12.1 Å². The minimum atomic E-state index is -4.81. The van der Waals surface area contributed by atoms with Crippen LogP contribution in [0.25, 0.3) is 5.52 Å². The second-order valence-corrected chi connectivity index (χ2v) is 16.7. The largest absolute Gasteiger partial charge is 0.472 e. The Balaban J connectivity index is 1.22. The number of unbranched alkanes of at least 4 members (excludes halogenated alkanes) is 15. The molecule has 0 aliphatic carbocycles. The first kappa shape index (κ1) is 48.3. The first-order valence-electron chi connectivity index (χ1n) is 21.1. The summed E-state index contributed by atoms with van der Waals surface area (Å²) in [6.07, 6.45) is 17.2. The van der Waals surface area contributed by atoms with E-state index in [1.807, 2.05) is 6.07 Å². The average molecular weight is 847 g/mol. The normalized spacial score (nSPS) is 21.0. The molecular formula is C42H64FN6O9P. The molecule has 1 aromatic carbocycles. The van der Waals surface area contributed by atoms with Gasteiger partial charge in [0.1, 0.15) is 42.1 Å². The van der Waals surface area contributed by atoms with Crippen molar-refractivity contribution in [2.45, 2.75) is 146 Å². The van der Waals surface area contributed by atoms with Gasteiger partial charge in [0.05, 0.1) is 43.8 Å². The molecule has 328 valence electrons. The zero-order valence-corrected chi connectivity index (χ0v) is 35.5. The number of nitrogens with two attached hydrogens (primary N) is 1. The molecule has 1 unspecified atom stereocenters. The third-order valence-corrected chi connectivity index (χ3v) is 11.6. The van der Waals surface area contributed by atoms with Gasteiger partial charge in [-0.3, -0.25) is 14.0 Å². The second-order valence-electron chi connectivity index (χ2n) is 15.2. The van der Waals surface area contributed by atoms with Crippen molar-refractivity contribution < 1.29 is 47.3 Å². The molecule has 1 saturated heterocycles. The molecule has 1 aliphatic rings. The number of rotatable bonds is 30. The fraction of sp³-hybridized carbons (Fsp3) is 0.667. The number of halogens is 1. The molecule has 0 radical (unpaired) electrons. The number of nitrogen functional groups attached to an aromatic ring is 1. The molecule has 0 spiro atoms. The number of benzene rings is 1. The molecule has 0 saturated carbocycles. The molecule has 0 bridgehead atoms. The van der Waals surface area contributed by atoms with Gasteiger partial charge in [0, 0.05) is 25.4 Å². The van der Waals surface area contributed by atoms with Gasteiger partial charge in [0.15, 0.2) is 11.4 Å². The Kier molecular flexibility index (Phi) is 20.8. The molecule has 1 fully saturated rings. The first-order valence-corrected chi connectivity index (χ1v) is 22.6. The summed E-state index contributed by atoms with van der Waals surface area (Å²) in [4.78, 5) is 18.7. The summed E-state index contributed by atoms with van der Waals surface area (Å²) in [5.74, 6) is -0.394. The van der Waals surface area contributed by atoms with Crippen LogP contribution in [0.1, 0.15) is 126 Å². The van der Waals surface area contributed by atoms with Crippen LogP contribution in [-0.4, -0.2) is 93.8 Å². The van der Waals surface area contributed by atoms with Crippen LogP contribution in [0.3, 0.4) is 0 Å². The van der Waals surface area contributed by atoms with Crippen molar-refractivity contribution in [2.24, 2.45) is 4.99 Å². The van der Waals surface area contributed by atoms with E-state index in [-0.39, 0.29) is 35.9 Å². The Bertz CT molecular complexity index is 1810. The summed E-state index contributed by atoms with van der Waals surface area (Å²) in [5, 5.41) is 35.7. The maximum absolute atomic E-state index is 14.5. The number of nitrogens with zero attached hydrogens (tertiary/aromatic N) is 5. The summed E-state index contributed by atoms with van der Waals surface area (Å²) in [6.45, 7) is 1.29. The van der Waals surface area contributed by atoms with Gasteiger partial charge < -0.3 is 35.1 Å². The minimum Gasteiger partial charge on any atom is -0.387 e. The number of aliphatic hydroxyl groups excluding tert-OH is 2. The van der Waals surface area contributed by atoms with E-state index in [0.717, 1.165) is 19.3 Å². The molecule has 59 heavy (non-hydrogen) atoms. The lowest BCUT2D eigenvalue weighted by molar-refractivity contribution is -0.0629. The minimum absolute atomic E-state index is 0.0207. The maximum atomic E-state index is 14.5. The van der Waals surface area contributed by atoms with E-state index in [0.29, 0.717) is 12.1 Å². The smallest absolute Gasteiger partial charge is 0.387 e. The highest BCUT2D eigenvalue weighted by Crippen LogP contribution is 2.46. The second kappa shape index (κ2) is 25.4. The molecule has 15 nitrogen and oxygen atoms in total. The number of hydrogen-bond donors (Lipinski definition) is 4. The lowest BCUT2D eigenvalue weighted by Gasteiger charge is -2.27. The van der Waals surface area contributed by atoms with Crippen molar-refractivity contribution in [3.63, 3.8) is 0 Å². The molecule has 4 rings (SSSR count). The predicted molar refractivity (Wildman–Crippen MR) is 222 cm³/mol. The molecular weight excluding hydrogens is 782 g/mol. The monoisotopic (exact) mass is 846 g/mol. The SMILES string of the molecule is CCCCCCCCCCCCCCCCCCOC[C@H](COP(=O)(O)OC[C@H]1O[C@@](C=NC)(c2ccc3c(N)ncnn23)[C@H](O)[C@@H]1O)OCc1cc(C#N)ccc1F. The highest BCUT2D eigenvalue weighted by atomic mass is 31.2. The van der Waals surface area contributed by atoms with Crippen molar-refractivity contribution in [1.29, 1.82) is 5.26 Å². The molecule has 0 amide bonds. The number of anilines is 1. The molecule has 3 aromatic rings. The number of aliphatic hydroxyl groups is 2. The predicted octanol–water partition coefficient (Wildman–Crippen LogP) is 7.34. The maximum Gasteiger partial charge on any atom is 0.472 e. The van der Waals surface area contributed by atoms with Crippen molar-refractivity contribution in [2.75, 3.05) is 39.2 Å². The Morgan fingerprint density at radius 3 is 2.27 bits per heavy atom. The fourth-order valence-electron chi connectivity index (χ4n) is 7.26. The van der Waals surface area contributed by atoms with Crippen molar-refractivity contribution in [1.82, 2.24) is 14.6 Å². The van der Waals surface area contributed by atoms with E-state index < -0.39 is 56.9 Å². The standard InChI is InChI=1S/C42H64FN6O9P/c1-3-4-5-6-7-8-9-10-11-12-13-14-15-16-17-18-23-54-27-34(55-26-33-24-32(25-44)19-20-35(33)43)28-56-59(52,53)57-29-37-39(50)40(51)42(58-37,30-46-2)38-22-21-36-41(45)47-31-48-49(36)38/h19-22,24,30-31,34,37,39-40,50-51H,3-18,23,26-29H2,1-2H3,(H,52,53)(H2,45,47,48)/t34-,37-,39-,40-,42+/m1/s1. The van der Waals surface area contributed by atoms with E-state index >= 15 is 0 Å². The van der Waals surface area contributed by atoms with Gasteiger partial charge >= 0.3 is 7.82 Å². The third kappa shape index (κ3) is 14.9. The van der Waals surface area contributed by atoms with E-state index in [9.17, 15) is 29.3 Å². The number of ether oxygens (including phenoxy) is 3. The molecule has 1 aliphatic heterocycles. The molecule has 5 N–H and O–H groups in total. The summed E-state index contributed by atoms with van der Waals surface area (Å²) < 4.78 is 57.4. The first-order chi connectivity index (χ1) is 28.5. The van der Waals surface area contributed by atoms with Crippen LogP contribution in [0, 0.1) is 17.1 Å². The fourth-order valence-corrected chi connectivity index (χ4v) is 8.03. The highest BCUT2D eigenvalue weighted by Gasteiger charge is 2.56. The Labute approximate surface area is 347 Å². The average Bonchev–Trinajstić information content (AvgIpc) is 3.77. The van der Waals surface area contributed by atoms with Gasteiger partial charge in [-0.1, -0.05) is 103 Å². The van der Waals surface area contributed by atoms with Gasteiger partial charge in [-0.2, -0.15) is 10.4 Å². The van der Waals surface area contributed by atoms with Crippen LogP contribution < -0.4 is 5.73 Å². The quantitative estimate of drug-likeness (QED) is 0.0294. The zero-order chi connectivity index (χ0) is 42.5. The van der Waals surface area contributed by atoms with Crippen LogP contribution in [0.4, 0.5) is 10.2 Å². The summed E-state index contributed by atoms with van der Waals surface area (Å²) in [6, 6.07) is 9.07. The highest BCUT2D eigenvalue weighted by molar-refractivity contribution is 7.47. The number of nitriles is 1. The topological polar surface area (TPSA) is 216 Å². The van der Waals surface area contributed by atoms with Crippen LogP contribution >= 0.6 is 7.82 Å². The summed E-state index contributed by atoms with van der Waals surface area (Å²) in [5.41, 5.74) is 5.34. The molecule has 2 aromatic heterocycles. The van der Waals surface area contributed by atoms with Gasteiger partial charge in [-0.05, 0) is 36.8 Å². The number of phosphoric acid groups is 1. The van der Waals surface area contributed by atoms with E-state index in [2.05, 4.69) is 22.0 Å². The number of hydrogen-bond acceptors (Lipinski definition) is 13. The summed E-state index contributed by atoms with van der Waals surface area (Å²) >= 11 is 0. The number of phosphoric ester groups is 1. The molecule has 6 atom stereocenters. The van der Waals surface area contributed by atoms with E-state index in [1.165, 1.54) is 126 Å². The van der Waals surface area contributed by atoms with Gasteiger partial charge in [0.25, 0.3) is 0 Å². The molecule has 17 heteroatoms. The lowest BCUT2D eigenvalue weighted by Crippen LogP contribution is -2.43. The van der Waals surface area contributed by atoms with E-state index in [4.69, 9.17) is 29.0 Å². The number of aliphatic imine (C=N–C) groups is 1. The van der Waals surface area contributed by atoms with Crippen molar-refractivity contribution >= 4 is 25.4 Å². The Morgan fingerprint density at radius 2 is 1.64 bits per heavy atom. The zero-order valence-electron chi connectivity index (χ0n) is 34.6. The van der Waals surface area contributed by atoms with Gasteiger partial charge in [-0.15, -0.1) is 0 Å². The molecule has 3 heterocycles. The Hall–Kier alpha value is -3.36. The lowest BCUT2D eigenvalue weighted by atomic mass is 9.92. The van der Waals surface area contributed by atoms with Gasteiger partial charge in [-0.25, -0.2) is 18.5 Å². The third-order valence-electron chi connectivity index (χ3n) is 10.6.